The van der Waals surface area contributed by atoms with Crippen molar-refractivity contribution in [1.82, 2.24) is 0 Å². The number of rotatable bonds is 7. The van der Waals surface area contributed by atoms with Crippen LogP contribution in [0.3, 0.4) is 0 Å². The molecule has 0 unspecified atom stereocenters. The summed E-state index contributed by atoms with van der Waals surface area (Å²) in [5.41, 5.74) is 0.976. The monoisotopic (exact) mass is 183 g/mol. The van der Waals surface area contributed by atoms with E-state index in [1.165, 1.54) is 19.3 Å². The zero-order valence-corrected chi connectivity index (χ0v) is 9.10. The molecule has 0 saturated carbocycles. The van der Waals surface area contributed by atoms with E-state index in [1.807, 2.05) is 6.92 Å². The van der Waals surface area contributed by atoms with Gasteiger partial charge in [-0.25, -0.2) is 0 Å². The van der Waals surface area contributed by atoms with Crippen LogP contribution in [-0.2, 0) is 4.79 Å². The Morgan fingerprint density at radius 3 is 2.38 bits per heavy atom. The van der Waals surface area contributed by atoms with Crippen LogP contribution in [0.5, 0.6) is 0 Å². The van der Waals surface area contributed by atoms with Gasteiger partial charge in [0.25, 0.3) is 0 Å². The second-order valence-electron chi connectivity index (χ2n) is 3.56. The van der Waals surface area contributed by atoms with Gasteiger partial charge >= 0.3 is 0 Å². The van der Waals surface area contributed by atoms with Crippen LogP contribution in [0.4, 0.5) is 0 Å². The molecule has 0 bridgehead atoms. The number of unbranched alkanes of at least 4 members (excludes halogenated alkanes) is 3. The first-order chi connectivity index (χ1) is 6.16. The zero-order chi connectivity index (χ0) is 10.1. The molecule has 0 atom stereocenters. The largest absolute Gasteiger partial charge is 0.300 e. The summed E-state index contributed by atoms with van der Waals surface area (Å²) in [5.74, 6) is 0.204. The van der Waals surface area contributed by atoms with Crippen LogP contribution in [0.15, 0.2) is 4.99 Å². The Bertz CT molecular complexity index is 173. The summed E-state index contributed by atoms with van der Waals surface area (Å²) < 4.78 is 0. The van der Waals surface area contributed by atoms with E-state index in [0.717, 1.165) is 18.7 Å². The standard InChI is InChI=1S/C11H21NO/c1-4-5-6-7-8-12-10(2)9-11(3)13/h4-9H2,1-3H3/b12-10+. The smallest absolute Gasteiger partial charge is 0.135 e. The van der Waals surface area contributed by atoms with Gasteiger partial charge in [-0.3, -0.25) is 9.79 Å². The number of aliphatic imine (C=N–C) groups is 1. The lowest BCUT2D eigenvalue weighted by atomic mass is 10.2. The van der Waals surface area contributed by atoms with Gasteiger partial charge in [-0.2, -0.15) is 0 Å². The normalized spacial score (nSPS) is 11.8. The number of carbonyl (C=O) groups is 1. The predicted molar refractivity (Wildman–Crippen MR) is 57.4 cm³/mol. The summed E-state index contributed by atoms with van der Waals surface area (Å²) in [6.45, 7) is 6.63. The molecule has 0 aliphatic heterocycles. The number of hydrogen-bond acceptors (Lipinski definition) is 2. The Morgan fingerprint density at radius 2 is 1.85 bits per heavy atom. The first-order valence-electron chi connectivity index (χ1n) is 5.16. The highest BCUT2D eigenvalue weighted by atomic mass is 16.1. The molecule has 13 heavy (non-hydrogen) atoms. The Labute approximate surface area is 81.4 Å². The Hall–Kier alpha value is -0.660. The van der Waals surface area contributed by atoms with Gasteiger partial charge in [0.1, 0.15) is 5.78 Å². The second kappa shape index (κ2) is 7.96. The maximum Gasteiger partial charge on any atom is 0.135 e. The Balaban J connectivity index is 3.42. The molecule has 0 rings (SSSR count). The summed E-state index contributed by atoms with van der Waals surface area (Å²) in [6, 6.07) is 0. The van der Waals surface area contributed by atoms with Crippen molar-refractivity contribution < 1.29 is 4.79 Å². The third-order valence-corrected chi connectivity index (χ3v) is 1.90. The van der Waals surface area contributed by atoms with Gasteiger partial charge in [0, 0.05) is 18.7 Å². The lowest BCUT2D eigenvalue weighted by Gasteiger charge is -1.98. The van der Waals surface area contributed by atoms with Crippen LogP contribution in [0.25, 0.3) is 0 Å². The van der Waals surface area contributed by atoms with Gasteiger partial charge in [0.05, 0.1) is 0 Å². The first-order valence-corrected chi connectivity index (χ1v) is 5.16. The van der Waals surface area contributed by atoms with Crippen molar-refractivity contribution in [3.05, 3.63) is 0 Å². The van der Waals surface area contributed by atoms with E-state index < -0.39 is 0 Å². The highest BCUT2D eigenvalue weighted by Gasteiger charge is 1.95. The molecule has 0 amide bonds. The number of carbonyl (C=O) groups excluding carboxylic acids is 1. The lowest BCUT2D eigenvalue weighted by Crippen LogP contribution is -2.00. The Kier molecular flexibility index (Phi) is 7.56. The maximum atomic E-state index is 10.7. The van der Waals surface area contributed by atoms with Gasteiger partial charge in [-0.1, -0.05) is 26.2 Å². The van der Waals surface area contributed by atoms with Gasteiger partial charge < -0.3 is 0 Å². The maximum absolute atomic E-state index is 10.7. The van der Waals surface area contributed by atoms with Crippen molar-refractivity contribution in [3.8, 4) is 0 Å². The van der Waals surface area contributed by atoms with Crippen LogP contribution in [0.1, 0.15) is 52.9 Å². The van der Waals surface area contributed by atoms with Crippen molar-refractivity contribution >= 4 is 11.5 Å². The molecule has 0 fully saturated rings. The molecular weight excluding hydrogens is 162 g/mol. The van der Waals surface area contributed by atoms with Gasteiger partial charge in [0.15, 0.2) is 0 Å². The molecule has 0 heterocycles. The van der Waals surface area contributed by atoms with Gasteiger partial charge in [-0.15, -0.1) is 0 Å². The highest BCUT2D eigenvalue weighted by Crippen LogP contribution is 1.99. The van der Waals surface area contributed by atoms with E-state index in [0.29, 0.717) is 6.42 Å². The molecule has 0 aromatic heterocycles. The second-order valence-corrected chi connectivity index (χ2v) is 3.56. The van der Waals surface area contributed by atoms with E-state index in [9.17, 15) is 4.79 Å². The summed E-state index contributed by atoms with van der Waals surface area (Å²) in [4.78, 5) is 15.0. The molecule has 0 aromatic rings. The van der Waals surface area contributed by atoms with Crippen LogP contribution in [0.2, 0.25) is 0 Å². The molecule has 76 valence electrons. The van der Waals surface area contributed by atoms with E-state index in [4.69, 9.17) is 0 Å². The van der Waals surface area contributed by atoms with E-state index in [1.54, 1.807) is 6.92 Å². The SMILES string of the molecule is CCCCCC/N=C(\C)CC(C)=O. The quantitative estimate of drug-likeness (QED) is 0.440. The lowest BCUT2D eigenvalue weighted by molar-refractivity contribution is -0.115. The minimum absolute atomic E-state index is 0.204. The summed E-state index contributed by atoms with van der Waals surface area (Å²) in [7, 11) is 0. The van der Waals surface area contributed by atoms with E-state index in [-0.39, 0.29) is 5.78 Å². The summed E-state index contributed by atoms with van der Waals surface area (Å²) in [5, 5.41) is 0. The van der Waals surface area contributed by atoms with Crippen molar-refractivity contribution in [3.63, 3.8) is 0 Å². The molecule has 0 N–H and O–H groups in total. The van der Waals surface area contributed by atoms with Crippen LogP contribution < -0.4 is 0 Å². The number of Topliss-reactive ketones (excluding diaryl/α,β-unsaturated/α-hetero) is 1. The van der Waals surface area contributed by atoms with Crippen molar-refractivity contribution in [2.24, 2.45) is 4.99 Å². The minimum atomic E-state index is 0.204. The molecule has 0 aromatic carbocycles. The number of hydrogen-bond donors (Lipinski definition) is 0. The zero-order valence-electron chi connectivity index (χ0n) is 9.10. The predicted octanol–water partition coefficient (Wildman–Crippen LogP) is 3.01. The van der Waals surface area contributed by atoms with E-state index >= 15 is 0 Å². The average Bonchev–Trinajstić information content (AvgIpc) is 2.02. The first kappa shape index (κ1) is 12.3. The summed E-state index contributed by atoms with van der Waals surface area (Å²) >= 11 is 0. The van der Waals surface area contributed by atoms with Crippen LogP contribution in [0, 0.1) is 0 Å². The molecule has 0 saturated heterocycles. The molecule has 0 aliphatic carbocycles. The molecule has 2 heteroatoms. The Morgan fingerprint density at radius 1 is 1.15 bits per heavy atom. The third kappa shape index (κ3) is 9.25. The molecule has 2 nitrogen and oxygen atoms in total. The minimum Gasteiger partial charge on any atom is -0.300 e. The highest BCUT2D eigenvalue weighted by molar-refractivity contribution is 5.99. The number of ketones is 1. The van der Waals surface area contributed by atoms with Gasteiger partial charge in [-0.05, 0) is 20.3 Å². The third-order valence-electron chi connectivity index (χ3n) is 1.90. The van der Waals surface area contributed by atoms with Crippen molar-refractivity contribution in [2.45, 2.75) is 52.9 Å². The topological polar surface area (TPSA) is 29.4 Å². The van der Waals surface area contributed by atoms with E-state index in [2.05, 4.69) is 11.9 Å². The summed E-state index contributed by atoms with van der Waals surface area (Å²) in [6.07, 6.45) is 5.49. The molecule has 0 radical (unpaired) electrons. The number of nitrogens with zero attached hydrogens (tertiary/aromatic N) is 1. The van der Waals surface area contributed by atoms with Crippen molar-refractivity contribution in [2.75, 3.05) is 6.54 Å². The molecular formula is C11H21NO. The fourth-order valence-corrected chi connectivity index (χ4v) is 1.22. The van der Waals surface area contributed by atoms with Crippen LogP contribution >= 0.6 is 0 Å². The van der Waals surface area contributed by atoms with Crippen LogP contribution in [-0.4, -0.2) is 18.0 Å². The van der Waals surface area contributed by atoms with Crippen molar-refractivity contribution in [1.29, 1.82) is 0 Å². The fraction of sp³-hybridized carbons (Fsp3) is 0.818. The average molecular weight is 183 g/mol. The molecule has 0 spiro atoms. The molecule has 0 aliphatic rings. The fourth-order valence-electron chi connectivity index (χ4n) is 1.22. The van der Waals surface area contributed by atoms with Gasteiger partial charge in [0.2, 0.25) is 0 Å².